The average molecular weight is 133 g/mol. The number of nitrogens with zero attached hydrogens (tertiary/aromatic N) is 1. The quantitative estimate of drug-likeness (QED) is 0.530. The topological polar surface area (TPSA) is 12.9 Å². The summed E-state index contributed by atoms with van der Waals surface area (Å²) in [6.07, 6.45) is 0. The van der Waals surface area contributed by atoms with Crippen LogP contribution in [-0.2, 0) is 5.88 Å². The molecule has 1 nitrogen and oxygen atoms in total. The largest absolute Gasteiger partial charge is 0.237 e. The summed E-state index contributed by atoms with van der Waals surface area (Å²) in [5.41, 5.74) is 3.60. The zero-order valence-electron chi connectivity index (χ0n) is 3.52. The molecular formula is C4H3ClNS. The first-order valence-corrected chi connectivity index (χ1v) is 3.21. The van der Waals surface area contributed by atoms with Gasteiger partial charge >= 0.3 is 0 Å². The van der Waals surface area contributed by atoms with Crippen LogP contribution in [0.5, 0.6) is 0 Å². The lowest BCUT2D eigenvalue weighted by atomic mass is 10.6. The van der Waals surface area contributed by atoms with E-state index in [1.165, 1.54) is 11.3 Å². The van der Waals surface area contributed by atoms with Gasteiger partial charge in [0.2, 0.25) is 0 Å². The molecule has 0 N–H and O–H groups in total. The third kappa shape index (κ3) is 1.14. The Hall–Kier alpha value is -0.0800. The van der Waals surface area contributed by atoms with Gasteiger partial charge < -0.3 is 0 Å². The number of hydrogen-bond donors (Lipinski definition) is 0. The lowest BCUT2D eigenvalue weighted by Crippen LogP contribution is -1.70. The molecule has 0 bridgehead atoms. The summed E-state index contributed by atoms with van der Waals surface area (Å²) in [7, 11) is 0. The standard InChI is InChI=1S/C4H3ClNS/c5-1-4-2-7-3-6-4/h2H,1H2. The van der Waals surface area contributed by atoms with E-state index in [2.05, 4.69) is 10.5 Å². The lowest BCUT2D eigenvalue weighted by molar-refractivity contribution is 1.22. The maximum Gasteiger partial charge on any atom is 0.152 e. The van der Waals surface area contributed by atoms with E-state index >= 15 is 0 Å². The van der Waals surface area contributed by atoms with Crippen molar-refractivity contribution in [1.82, 2.24) is 4.98 Å². The van der Waals surface area contributed by atoms with Crippen molar-refractivity contribution in [2.75, 3.05) is 0 Å². The van der Waals surface area contributed by atoms with Gasteiger partial charge in [0.1, 0.15) is 0 Å². The molecule has 37 valence electrons. The number of rotatable bonds is 1. The highest BCUT2D eigenvalue weighted by Gasteiger charge is 1.86. The molecule has 0 aliphatic rings. The third-order valence-electron chi connectivity index (χ3n) is 0.574. The van der Waals surface area contributed by atoms with Crippen molar-refractivity contribution in [3.05, 3.63) is 16.6 Å². The fraction of sp³-hybridized carbons (Fsp3) is 0.250. The van der Waals surface area contributed by atoms with Crippen molar-refractivity contribution in [2.24, 2.45) is 0 Å². The second-order valence-electron chi connectivity index (χ2n) is 1.06. The minimum atomic E-state index is 0.500. The van der Waals surface area contributed by atoms with Crippen LogP contribution in [0.2, 0.25) is 0 Å². The first kappa shape index (κ1) is 5.06. The summed E-state index contributed by atoms with van der Waals surface area (Å²) >= 11 is 6.84. The van der Waals surface area contributed by atoms with E-state index in [1.54, 1.807) is 0 Å². The van der Waals surface area contributed by atoms with Crippen molar-refractivity contribution in [1.29, 1.82) is 0 Å². The van der Waals surface area contributed by atoms with Gasteiger partial charge in [0.15, 0.2) is 5.51 Å². The summed E-state index contributed by atoms with van der Waals surface area (Å²) in [5.74, 6) is 0.500. The van der Waals surface area contributed by atoms with Crippen LogP contribution >= 0.6 is 22.9 Å². The molecule has 0 saturated heterocycles. The van der Waals surface area contributed by atoms with Crippen LogP contribution in [0.25, 0.3) is 0 Å². The Morgan fingerprint density at radius 3 is 3.14 bits per heavy atom. The van der Waals surface area contributed by atoms with Crippen molar-refractivity contribution in [3.63, 3.8) is 0 Å². The highest BCUT2D eigenvalue weighted by Crippen LogP contribution is 2.01. The second-order valence-corrected chi connectivity index (χ2v) is 1.99. The molecule has 1 heterocycles. The van der Waals surface area contributed by atoms with E-state index < -0.39 is 0 Å². The molecule has 0 atom stereocenters. The monoisotopic (exact) mass is 132 g/mol. The highest BCUT2D eigenvalue weighted by atomic mass is 35.5. The zero-order chi connectivity index (χ0) is 5.11. The summed E-state index contributed by atoms with van der Waals surface area (Å²) in [5, 5.41) is 1.88. The van der Waals surface area contributed by atoms with Crippen molar-refractivity contribution >= 4 is 22.9 Å². The van der Waals surface area contributed by atoms with E-state index in [0.29, 0.717) is 5.88 Å². The van der Waals surface area contributed by atoms with Gasteiger partial charge in [0.25, 0.3) is 0 Å². The molecule has 0 aliphatic carbocycles. The third-order valence-corrected chi connectivity index (χ3v) is 1.43. The predicted molar refractivity (Wildman–Crippen MR) is 30.5 cm³/mol. The normalized spacial score (nSPS) is 9.29. The van der Waals surface area contributed by atoms with Crippen LogP contribution in [0.15, 0.2) is 5.38 Å². The van der Waals surface area contributed by atoms with Gasteiger partial charge in [-0.1, -0.05) is 0 Å². The van der Waals surface area contributed by atoms with Crippen molar-refractivity contribution in [2.45, 2.75) is 5.88 Å². The van der Waals surface area contributed by atoms with Crippen LogP contribution in [0.1, 0.15) is 5.69 Å². The highest BCUT2D eigenvalue weighted by molar-refractivity contribution is 7.07. The second kappa shape index (κ2) is 2.28. The van der Waals surface area contributed by atoms with Gasteiger partial charge in [0, 0.05) is 5.38 Å². The van der Waals surface area contributed by atoms with Gasteiger partial charge in [0.05, 0.1) is 11.6 Å². The summed E-state index contributed by atoms with van der Waals surface area (Å²) in [6.45, 7) is 0. The lowest BCUT2D eigenvalue weighted by Gasteiger charge is -1.74. The smallest absolute Gasteiger partial charge is 0.152 e. The van der Waals surface area contributed by atoms with Crippen LogP contribution in [0.3, 0.4) is 0 Å². The Morgan fingerprint density at radius 1 is 2.00 bits per heavy atom. The Kier molecular flexibility index (Phi) is 1.65. The molecule has 0 spiro atoms. The van der Waals surface area contributed by atoms with Gasteiger partial charge in [-0.15, -0.1) is 22.9 Å². The van der Waals surface area contributed by atoms with Gasteiger partial charge in [-0.2, -0.15) is 0 Å². The number of halogens is 1. The van der Waals surface area contributed by atoms with Crippen molar-refractivity contribution < 1.29 is 0 Å². The zero-order valence-corrected chi connectivity index (χ0v) is 5.09. The minimum Gasteiger partial charge on any atom is -0.237 e. The maximum absolute atomic E-state index is 5.39. The Labute approximate surface area is 51.0 Å². The molecule has 7 heavy (non-hydrogen) atoms. The molecule has 0 unspecified atom stereocenters. The van der Waals surface area contributed by atoms with E-state index in [9.17, 15) is 0 Å². The molecular weight excluding hydrogens is 130 g/mol. The number of hydrogen-bond acceptors (Lipinski definition) is 2. The van der Waals surface area contributed by atoms with E-state index in [0.717, 1.165) is 5.69 Å². The minimum absolute atomic E-state index is 0.500. The maximum atomic E-state index is 5.39. The molecule has 0 amide bonds. The molecule has 0 aliphatic heterocycles. The van der Waals surface area contributed by atoms with E-state index in [4.69, 9.17) is 11.6 Å². The molecule has 0 saturated carbocycles. The Morgan fingerprint density at radius 2 is 2.86 bits per heavy atom. The van der Waals surface area contributed by atoms with Gasteiger partial charge in [-0.05, 0) is 0 Å². The van der Waals surface area contributed by atoms with E-state index in [1.807, 2.05) is 5.38 Å². The first-order valence-electron chi connectivity index (χ1n) is 1.80. The van der Waals surface area contributed by atoms with Crippen LogP contribution in [0.4, 0.5) is 0 Å². The average Bonchev–Trinajstić information content (AvgIpc) is 2.14. The fourth-order valence-electron chi connectivity index (χ4n) is 0.267. The molecule has 1 aromatic heterocycles. The Bertz CT molecular complexity index is 126. The predicted octanol–water partition coefficient (Wildman–Crippen LogP) is 1.68. The Balaban J connectivity index is 2.76. The van der Waals surface area contributed by atoms with E-state index in [-0.39, 0.29) is 0 Å². The molecule has 3 heteroatoms. The summed E-state index contributed by atoms with van der Waals surface area (Å²) in [6, 6.07) is 0. The summed E-state index contributed by atoms with van der Waals surface area (Å²) < 4.78 is 0. The van der Waals surface area contributed by atoms with Crippen LogP contribution < -0.4 is 0 Å². The first-order chi connectivity index (χ1) is 3.43. The summed E-state index contributed by atoms with van der Waals surface area (Å²) in [4.78, 5) is 3.80. The molecule has 1 radical (unpaired) electrons. The number of thiazole rings is 1. The molecule has 0 aromatic carbocycles. The van der Waals surface area contributed by atoms with Gasteiger partial charge in [-0.3, -0.25) is 0 Å². The van der Waals surface area contributed by atoms with Crippen LogP contribution in [0, 0.1) is 5.51 Å². The molecule has 1 aromatic rings. The fourth-order valence-corrected chi connectivity index (χ4v) is 0.990. The SMILES string of the molecule is ClCc1cs[c]n1. The molecule has 1 rings (SSSR count). The van der Waals surface area contributed by atoms with Gasteiger partial charge in [-0.25, -0.2) is 4.98 Å². The van der Waals surface area contributed by atoms with Crippen LogP contribution in [-0.4, -0.2) is 4.98 Å². The number of aromatic nitrogens is 1. The van der Waals surface area contributed by atoms with Crippen molar-refractivity contribution in [3.8, 4) is 0 Å². The number of alkyl halides is 1. The molecule has 0 fully saturated rings.